The quantitative estimate of drug-likeness (QED) is 0.154. The molecule has 0 saturated carbocycles. The third kappa shape index (κ3) is 6.76. The van der Waals surface area contributed by atoms with E-state index in [1.165, 1.54) is 42.6 Å². The van der Waals surface area contributed by atoms with Crippen LogP contribution in [-0.4, -0.2) is 13.4 Å². The van der Waals surface area contributed by atoms with Crippen LogP contribution < -0.4 is 47.5 Å². The molecule has 4 aliphatic rings. The Morgan fingerprint density at radius 3 is 1.45 bits per heavy atom. The lowest BCUT2D eigenvalue weighted by Gasteiger charge is -2.47. The number of para-hydroxylation sites is 6. The molecule has 8 heteroatoms. The van der Waals surface area contributed by atoms with Crippen LogP contribution in [0.4, 0.5) is 51.2 Å². The summed E-state index contributed by atoms with van der Waals surface area (Å²) < 4.78 is 14.2. The van der Waals surface area contributed by atoms with Crippen LogP contribution in [0.2, 0.25) is 0 Å². The summed E-state index contributed by atoms with van der Waals surface area (Å²) in [5.41, 5.74) is 27.7. The Morgan fingerprint density at radius 1 is 0.291 bits per heavy atom. The van der Waals surface area contributed by atoms with Crippen molar-refractivity contribution in [3.63, 3.8) is 0 Å². The van der Waals surface area contributed by atoms with E-state index in [-0.39, 0.29) is 13.4 Å². The van der Waals surface area contributed by atoms with Gasteiger partial charge in [0.25, 0.3) is 6.71 Å². The van der Waals surface area contributed by atoms with E-state index in [0.717, 1.165) is 128 Å². The molecule has 0 N–H and O–H groups in total. The maximum atomic E-state index is 7.22. The molecule has 0 unspecified atom stereocenters. The van der Waals surface area contributed by atoms with Crippen LogP contribution in [0.25, 0.3) is 77.3 Å². The molecule has 0 amide bonds. The summed E-state index contributed by atoms with van der Waals surface area (Å²) in [6, 6.07) is 105. The second-order valence-corrected chi connectivity index (χ2v) is 24.0. The summed E-state index contributed by atoms with van der Waals surface area (Å²) in [5.74, 6) is 0. The zero-order valence-electron chi connectivity index (χ0n) is 46.4. The largest absolute Gasteiger partial charge is 0.456 e. The molecule has 6 heterocycles. The van der Waals surface area contributed by atoms with Gasteiger partial charge in [-0.2, -0.15) is 0 Å². The van der Waals surface area contributed by atoms with Crippen molar-refractivity contribution < 1.29 is 8.83 Å². The topological polar surface area (TPSA) is 36.0 Å². The predicted octanol–water partition coefficient (Wildman–Crippen LogP) is 17.3. The number of nitrogens with zero attached hydrogens (tertiary/aromatic N) is 3. The van der Waals surface area contributed by atoms with Gasteiger partial charge >= 0.3 is 0 Å². The Kier molecular flexibility index (Phi) is 10.2. The van der Waals surface area contributed by atoms with Crippen LogP contribution in [0.3, 0.4) is 0 Å². The minimum atomic E-state index is -0.214. The lowest BCUT2D eigenvalue weighted by molar-refractivity contribution is 0.668. The van der Waals surface area contributed by atoms with Gasteiger partial charge in [-0.3, -0.25) is 0 Å². The maximum Gasteiger partial charge on any atom is 0.252 e. The monoisotopic (exact) mass is 1110 g/mol. The van der Waals surface area contributed by atoms with E-state index in [0.29, 0.717) is 0 Å². The minimum Gasteiger partial charge on any atom is -0.456 e. The van der Waals surface area contributed by atoms with Crippen LogP contribution in [0, 0.1) is 0 Å². The first-order valence-corrected chi connectivity index (χ1v) is 30.4. The fraction of sp³-hybridized carbons (Fsp3) is 0. The van der Waals surface area contributed by atoms with Gasteiger partial charge in [0.1, 0.15) is 22.3 Å². The van der Waals surface area contributed by atoms with Crippen molar-refractivity contribution in [2.75, 3.05) is 14.7 Å². The molecule has 19 rings (SSSR count). The highest BCUT2D eigenvalue weighted by molar-refractivity contribution is 8.00. The van der Waals surface area contributed by atoms with E-state index in [2.05, 4.69) is 300 Å². The van der Waals surface area contributed by atoms with E-state index in [9.17, 15) is 0 Å². The van der Waals surface area contributed by atoms with Crippen molar-refractivity contribution in [2.24, 2.45) is 0 Å². The Labute approximate surface area is 501 Å². The van der Waals surface area contributed by atoms with Crippen LogP contribution in [0.1, 0.15) is 0 Å². The molecule has 0 saturated heterocycles. The molecule has 398 valence electrons. The summed E-state index contributed by atoms with van der Waals surface area (Å²) >= 11 is 1.89. The summed E-state index contributed by atoms with van der Waals surface area (Å²) in [5, 5.41) is 4.48. The fourth-order valence-corrected chi connectivity index (χ4v) is 16.3. The minimum absolute atomic E-state index is 0.137. The van der Waals surface area contributed by atoms with Gasteiger partial charge in [0.2, 0.25) is 6.71 Å². The number of furan rings is 2. The maximum absolute atomic E-state index is 7.22. The second kappa shape index (κ2) is 18.4. The average Bonchev–Trinajstić information content (AvgIpc) is 0.994. The molecule has 0 aliphatic carbocycles. The third-order valence-corrected chi connectivity index (χ3v) is 19.7. The molecule has 4 aliphatic heterocycles. The van der Waals surface area contributed by atoms with Crippen molar-refractivity contribution in [3.05, 3.63) is 285 Å². The molecule has 5 nitrogen and oxygen atoms in total. The fourth-order valence-electron chi connectivity index (χ4n) is 15.0. The van der Waals surface area contributed by atoms with Crippen LogP contribution in [-0.2, 0) is 0 Å². The van der Waals surface area contributed by atoms with Crippen molar-refractivity contribution in [3.8, 4) is 33.4 Å². The number of rotatable bonds is 6. The molecular formula is C78H47B2N3O2S. The molecular weight excluding hydrogens is 1060 g/mol. The molecule has 0 fully saturated rings. The standard InChI is InChI=1S/C78H47B2N3O2S/c1-5-24-48(25-6-1)52-32-13-18-39-61(52)82-63-45-64-60(44-59(63)80-58-38-17-22-43-71(58)86-78-73-56-34-15-21-42-68(56)85-70(73)47-66(82)75(78)80)79-57-37-16-19-40-62(57)81(51-30-11-4-12-31-51)77-72-55-33-14-20-41-67(55)84-69(72)46-65(74(77)79)83(64)76-53(49-26-7-2-8-27-49)35-23-36-54(76)50-28-9-3-10-29-50/h1-47H. The Bertz CT molecular complexity index is 5260. The molecule has 0 spiro atoms. The first-order chi connectivity index (χ1) is 42.7. The van der Waals surface area contributed by atoms with Gasteiger partial charge < -0.3 is 23.5 Å². The summed E-state index contributed by atoms with van der Waals surface area (Å²) in [7, 11) is 0. The number of hydrogen-bond donors (Lipinski definition) is 0. The Hall–Kier alpha value is -10.7. The third-order valence-electron chi connectivity index (χ3n) is 18.5. The molecule has 13 aromatic carbocycles. The van der Waals surface area contributed by atoms with Crippen molar-refractivity contribution >= 4 is 153 Å². The number of hydrogen-bond acceptors (Lipinski definition) is 6. The number of benzene rings is 13. The number of fused-ring (bicyclic) bond motifs is 16. The highest BCUT2D eigenvalue weighted by Gasteiger charge is 2.49. The molecule has 2 aromatic heterocycles. The van der Waals surface area contributed by atoms with Gasteiger partial charge in [-0.1, -0.05) is 242 Å². The van der Waals surface area contributed by atoms with Gasteiger partial charge in [0, 0.05) is 88.9 Å². The molecule has 86 heavy (non-hydrogen) atoms. The molecule has 0 bridgehead atoms. The van der Waals surface area contributed by atoms with Crippen LogP contribution >= 0.6 is 11.8 Å². The van der Waals surface area contributed by atoms with Gasteiger partial charge in [0.15, 0.2) is 0 Å². The molecule has 0 radical (unpaired) electrons. The highest BCUT2D eigenvalue weighted by Crippen LogP contribution is 2.55. The summed E-state index contributed by atoms with van der Waals surface area (Å²) in [6.45, 7) is -0.351. The lowest BCUT2D eigenvalue weighted by Crippen LogP contribution is -2.64. The van der Waals surface area contributed by atoms with Crippen LogP contribution in [0.15, 0.2) is 304 Å². The zero-order valence-corrected chi connectivity index (χ0v) is 47.2. The normalized spacial score (nSPS) is 13.4. The lowest BCUT2D eigenvalue weighted by atomic mass is 9.30. The Balaban J connectivity index is 1.01. The average molecular weight is 1110 g/mol. The van der Waals surface area contributed by atoms with Gasteiger partial charge in [-0.05, 0) is 92.5 Å². The first kappa shape index (κ1) is 47.8. The second-order valence-electron chi connectivity index (χ2n) is 22.9. The predicted molar refractivity (Wildman–Crippen MR) is 361 cm³/mol. The first-order valence-electron chi connectivity index (χ1n) is 29.6. The van der Waals surface area contributed by atoms with E-state index in [1.807, 2.05) is 11.8 Å². The van der Waals surface area contributed by atoms with Crippen molar-refractivity contribution in [2.45, 2.75) is 9.79 Å². The van der Waals surface area contributed by atoms with E-state index >= 15 is 0 Å². The molecule has 0 atom stereocenters. The van der Waals surface area contributed by atoms with Crippen molar-refractivity contribution in [1.82, 2.24) is 0 Å². The molecule has 15 aromatic rings. The van der Waals surface area contributed by atoms with E-state index in [1.54, 1.807) is 0 Å². The van der Waals surface area contributed by atoms with E-state index in [4.69, 9.17) is 8.83 Å². The van der Waals surface area contributed by atoms with Gasteiger partial charge in [0.05, 0.1) is 22.4 Å². The van der Waals surface area contributed by atoms with Gasteiger partial charge in [-0.25, -0.2) is 0 Å². The van der Waals surface area contributed by atoms with Crippen molar-refractivity contribution in [1.29, 1.82) is 0 Å². The number of anilines is 9. The van der Waals surface area contributed by atoms with Gasteiger partial charge in [-0.15, -0.1) is 0 Å². The zero-order chi connectivity index (χ0) is 56.1. The smallest absolute Gasteiger partial charge is 0.252 e. The van der Waals surface area contributed by atoms with E-state index < -0.39 is 0 Å². The Morgan fingerprint density at radius 2 is 0.779 bits per heavy atom. The van der Waals surface area contributed by atoms with Crippen LogP contribution in [0.5, 0.6) is 0 Å². The summed E-state index contributed by atoms with van der Waals surface area (Å²) in [6.07, 6.45) is 0. The SMILES string of the molecule is c1ccc(-c2ccccc2N2c3cc4c(cc3B3c5ccccc5Sc5c3c2cc2oc3ccccc3c52)B2c3ccccc3N(c3ccccc3)c3c2c(cc2oc5ccccc5c32)N4c2c(-c3ccccc3)cccc2-c2ccccc2)cc1. The summed E-state index contributed by atoms with van der Waals surface area (Å²) in [4.78, 5) is 10.2. The highest BCUT2D eigenvalue weighted by atomic mass is 32.2.